The zero-order valence-corrected chi connectivity index (χ0v) is 11.4. The molecule has 110 valence electrons. The second-order valence-corrected chi connectivity index (χ2v) is 4.76. The van der Waals surface area contributed by atoms with Crippen molar-refractivity contribution >= 4 is 5.78 Å². The van der Waals surface area contributed by atoms with Crippen LogP contribution in [-0.4, -0.2) is 41.1 Å². The molecule has 21 heavy (non-hydrogen) atoms. The molecule has 3 N–H and O–H groups in total. The lowest BCUT2D eigenvalue weighted by Gasteiger charge is -1.99. The Morgan fingerprint density at radius 3 is 3.05 bits per heavy atom. The third-order valence-corrected chi connectivity index (χ3v) is 3.12. The number of nitrogens with zero attached hydrogens (tertiary/aromatic N) is 6. The van der Waals surface area contributed by atoms with Gasteiger partial charge in [0.2, 0.25) is 0 Å². The van der Waals surface area contributed by atoms with E-state index in [1.807, 2.05) is 6.20 Å². The molecule has 0 fully saturated rings. The fourth-order valence-electron chi connectivity index (χ4n) is 2.10. The van der Waals surface area contributed by atoms with Crippen molar-refractivity contribution in [3.8, 4) is 0 Å². The Hall–Kier alpha value is -2.55. The van der Waals surface area contributed by atoms with Gasteiger partial charge in [0.05, 0.1) is 17.9 Å². The first kappa shape index (κ1) is 13.4. The van der Waals surface area contributed by atoms with E-state index in [4.69, 9.17) is 5.73 Å². The molecule has 0 spiro atoms. The minimum Gasteiger partial charge on any atom is -0.330 e. The molecule has 9 heteroatoms. The zero-order valence-electron chi connectivity index (χ0n) is 11.4. The first-order chi connectivity index (χ1) is 10.3. The van der Waals surface area contributed by atoms with Gasteiger partial charge in [-0.15, -0.1) is 5.10 Å². The normalized spacial score (nSPS) is 11.3. The summed E-state index contributed by atoms with van der Waals surface area (Å²) in [5.41, 5.74) is 6.78. The number of rotatable bonds is 6. The van der Waals surface area contributed by atoms with Crippen molar-refractivity contribution in [3.05, 3.63) is 40.3 Å². The third-order valence-electron chi connectivity index (χ3n) is 3.12. The highest BCUT2D eigenvalue weighted by molar-refractivity contribution is 5.26. The van der Waals surface area contributed by atoms with Gasteiger partial charge in [-0.2, -0.15) is 4.52 Å². The van der Waals surface area contributed by atoms with Gasteiger partial charge in [-0.1, -0.05) is 5.21 Å². The number of hydrogen-bond donors (Lipinski definition) is 2. The third kappa shape index (κ3) is 2.97. The van der Waals surface area contributed by atoms with Crippen LogP contribution in [0.4, 0.5) is 0 Å². The first-order valence-electron chi connectivity index (χ1n) is 6.77. The maximum atomic E-state index is 11.8. The minimum atomic E-state index is -0.198. The Bertz CT molecular complexity index is 786. The highest BCUT2D eigenvalue weighted by Gasteiger charge is 2.06. The Balaban J connectivity index is 1.74. The summed E-state index contributed by atoms with van der Waals surface area (Å²) in [6.45, 7) is 1.08. The standard InChI is InChI=1S/C12H16N8O/c13-4-2-1-3-9-6-19(18-17-9)7-10-5-11(21)20-12(16-10)14-8-15-20/h5-6,8H,1-4,7,13H2,(H,14,15,16). The van der Waals surface area contributed by atoms with Crippen molar-refractivity contribution in [2.45, 2.75) is 25.8 Å². The molecule has 0 amide bonds. The zero-order chi connectivity index (χ0) is 14.7. The summed E-state index contributed by atoms with van der Waals surface area (Å²) >= 11 is 0. The van der Waals surface area contributed by atoms with Crippen LogP contribution in [0.3, 0.4) is 0 Å². The number of fused-ring (bicyclic) bond motifs is 1. The van der Waals surface area contributed by atoms with Crippen LogP contribution in [0.1, 0.15) is 24.2 Å². The molecule has 3 aromatic heterocycles. The topological polar surface area (TPSA) is 120 Å². The molecular weight excluding hydrogens is 272 g/mol. The number of aromatic nitrogens is 7. The van der Waals surface area contributed by atoms with Crippen molar-refractivity contribution < 1.29 is 0 Å². The quantitative estimate of drug-likeness (QED) is 0.581. The highest BCUT2D eigenvalue weighted by atomic mass is 16.1. The van der Waals surface area contributed by atoms with Crippen LogP contribution >= 0.6 is 0 Å². The summed E-state index contributed by atoms with van der Waals surface area (Å²) in [5.74, 6) is 0.348. The predicted molar refractivity (Wildman–Crippen MR) is 74.7 cm³/mol. The molecule has 3 heterocycles. The van der Waals surface area contributed by atoms with Crippen LogP contribution in [0.2, 0.25) is 0 Å². The second-order valence-electron chi connectivity index (χ2n) is 4.76. The molecule has 3 rings (SSSR count). The van der Waals surface area contributed by atoms with Gasteiger partial charge in [0.1, 0.15) is 6.33 Å². The average Bonchev–Trinajstić information content (AvgIpc) is 3.09. The Morgan fingerprint density at radius 2 is 2.19 bits per heavy atom. The van der Waals surface area contributed by atoms with E-state index >= 15 is 0 Å². The summed E-state index contributed by atoms with van der Waals surface area (Å²) in [6.07, 6.45) is 6.11. The lowest BCUT2D eigenvalue weighted by Crippen LogP contribution is -2.17. The number of nitrogens with two attached hydrogens (primary N) is 1. The highest BCUT2D eigenvalue weighted by Crippen LogP contribution is 2.02. The lowest BCUT2D eigenvalue weighted by molar-refractivity contribution is 0.635. The maximum absolute atomic E-state index is 11.8. The fourth-order valence-corrected chi connectivity index (χ4v) is 2.10. The number of unbranched alkanes of at least 4 members (excludes halogenated alkanes) is 1. The fraction of sp³-hybridized carbons (Fsp3) is 0.417. The first-order valence-corrected chi connectivity index (χ1v) is 6.77. The number of nitrogens with one attached hydrogen (secondary N) is 1. The van der Waals surface area contributed by atoms with Gasteiger partial charge in [0.15, 0.2) is 0 Å². The number of hydrogen-bond acceptors (Lipinski definition) is 6. The molecular formula is C12H16N8O. The molecule has 0 radical (unpaired) electrons. The summed E-state index contributed by atoms with van der Waals surface area (Å²) < 4.78 is 2.95. The second kappa shape index (κ2) is 5.83. The van der Waals surface area contributed by atoms with Crippen molar-refractivity contribution in [2.75, 3.05) is 6.54 Å². The van der Waals surface area contributed by atoms with Gasteiger partial charge in [0.25, 0.3) is 11.3 Å². The largest absolute Gasteiger partial charge is 0.330 e. The number of aromatic amines is 1. The molecule has 9 nitrogen and oxygen atoms in total. The number of H-pyrrole nitrogens is 1. The van der Waals surface area contributed by atoms with Gasteiger partial charge in [-0.05, 0) is 25.8 Å². The Morgan fingerprint density at radius 1 is 1.29 bits per heavy atom. The molecule has 0 aliphatic carbocycles. The Kier molecular flexibility index (Phi) is 3.73. The van der Waals surface area contributed by atoms with Crippen LogP contribution in [0.15, 0.2) is 23.4 Å². The van der Waals surface area contributed by atoms with Gasteiger partial charge < -0.3 is 5.73 Å². The molecule has 0 unspecified atom stereocenters. The summed E-state index contributed by atoms with van der Waals surface area (Å²) in [6, 6.07) is 1.46. The van der Waals surface area contributed by atoms with E-state index in [9.17, 15) is 4.79 Å². The lowest BCUT2D eigenvalue weighted by atomic mass is 10.2. The summed E-state index contributed by atoms with van der Waals surface area (Å²) in [4.78, 5) is 20.1. The van der Waals surface area contributed by atoms with Gasteiger partial charge in [0, 0.05) is 12.3 Å². The summed E-state index contributed by atoms with van der Waals surface area (Å²) in [7, 11) is 0. The van der Waals surface area contributed by atoms with Gasteiger partial charge in [-0.25, -0.2) is 14.6 Å². The van der Waals surface area contributed by atoms with E-state index in [1.54, 1.807) is 4.68 Å². The minimum absolute atomic E-state index is 0.198. The van der Waals surface area contributed by atoms with Gasteiger partial charge in [-0.3, -0.25) is 9.89 Å². The molecule has 0 saturated carbocycles. The van der Waals surface area contributed by atoms with Crippen molar-refractivity contribution in [3.63, 3.8) is 0 Å². The van der Waals surface area contributed by atoms with E-state index in [0.29, 0.717) is 24.6 Å². The Labute approximate surface area is 119 Å². The van der Waals surface area contributed by atoms with Crippen molar-refractivity contribution in [1.82, 2.24) is 34.6 Å². The monoisotopic (exact) mass is 288 g/mol. The average molecular weight is 288 g/mol. The van der Waals surface area contributed by atoms with E-state index in [1.165, 1.54) is 16.9 Å². The molecule has 0 saturated heterocycles. The van der Waals surface area contributed by atoms with Crippen LogP contribution in [0.5, 0.6) is 0 Å². The van der Waals surface area contributed by atoms with Crippen LogP contribution in [0, 0.1) is 0 Å². The predicted octanol–water partition coefficient (Wildman–Crippen LogP) is -0.661. The summed E-state index contributed by atoms with van der Waals surface area (Å²) in [5, 5.41) is 10.8. The molecule has 0 bridgehead atoms. The molecule has 3 aromatic rings. The van der Waals surface area contributed by atoms with Crippen molar-refractivity contribution in [2.24, 2.45) is 5.73 Å². The molecule has 0 aliphatic heterocycles. The van der Waals surface area contributed by atoms with E-state index in [-0.39, 0.29) is 5.56 Å². The van der Waals surface area contributed by atoms with Crippen molar-refractivity contribution in [1.29, 1.82) is 0 Å². The van der Waals surface area contributed by atoms with Crippen LogP contribution in [-0.2, 0) is 13.0 Å². The maximum Gasteiger partial charge on any atom is 0.274 e. The molecule has 0 aromatic carbocycles. The van der Waals surface area contributed by atoms with E-state index in [2.05, 4.69) is 25.4 Å². The van der Waals surface area contributed by atoms with Crippen LogP contribution in [0.25, 0.3) is 5.78 Å². The van der Waals surface area contributed by atoms with E-state index in [0.717, 1.165) is 25.0 Å². The SMILES string of the molecule is NCCCCc1cn(Cc2cc(=O)n3[nH]cnc3n2)nn1. The molecule has 0 atom stereocenters. The van der Waals surface area contributed by atoms with E-state index < -0.39 is 0 Å². The smallest absolute Gasteiger partial charge is 0.274 e. The van der Waals surface area contributed by atoms with Crippen LogP contribution < -0.4 is 11.3 Å². The number of aryl methyl sites for hydroxylation is 1. The van der Waals surface area contributed by atoms with Gasteiger partial charge >= 0.3 is 0 Å². The molecule has 0 aliphatic rings.